The molecule has 3 aliphatic heterocycles. The molecular formula is C36H41N9O3. The molecule has 4 aromatic rings. The second-order valence-corrected chi connectivity index (χ2v) is 13.3. The number of nitrogens with two attached hydrogens (primary N) is 1. The molecule has 12 heteroatoms. The molecule has 1 amide bonds. The van der Waals surface area contributed by atoms with Crippen LogP contribution in [0, 0.1) is 11.3 Å². The molecule has 3 aliphatic rings. The third-order valence-electron chi connectivity index (χ3n) is 9.78. The minimum absolute atomic E-state index is 0.0852. The SMILES string of the molecule is CC(C)(C=C(C#N)C(=O)N1CCCC(c2nn(-c3ccc(Oc4ccccc4)cc3)c3c(N)ncnc23)C1)N1CCN(C2COC2)CC1. The Balaban J connectivity index is 1.09. The molecule has 1 unspecified atom stereocenters. The van der Waals surface area contributed by atoms with Crippen molar-refractivity contribution < 1.29 is 14.3 Å². The first kappa shape index (κ1) is 31.8. The van der Waals surface area contributed by atoms with Gasteiger partial charge >= 0.3 is 0 Å². The zero-order valence-electron chi connectivity index (χ0n) is 27.5. The van der Waals surface area contributed by atoms with Crippen LogP contribution in [0.1, 0.15) is 38.3 Å². The molecular weight excluding hydrogens is 606 g/mol. The number of hydrogen-bond acceptors (Lipinski definition) is 10. The maximum Gasteiger partial charge on any atom is 0.264 e. The topological polar surface area (TPSA) is 139 Å². The van der Waals surface area contributed by atoms with Gasteiger partial charge in [0.05, 0.1) is 30.6 Å². The van der Waals surface area contributed by atoms with E-state index in [0.717, 1.165) is 69.4 Å². The lowest BCUT2D eigenvalue weighted by molar-refractivity contribution is -0.128. The van der Waals surface area contributed by atoms with Crippen molar-refractivity contribution >= 4 is 22.8 Å². The highest BCUT2D eigenvalue weighted by molar-refractivity contribution is 5.97. The number of amides is 1. The van der Waals surface area contributed by atoms with Crippen molar-refractivity contribution in [1.82, 2.24) is 34.4 Å². The maximum atomic E-state index is 13.9. The van der Waals surface area contributed by atoms with Crippen LogP contribution in [0.4, 0.5) is 5.82 Å². The van der Waals surface area contributed by atoms with Gasteiger partial charge in [-0.15, -0.1) is 0 Å². The van der Waals surface area contributed by atoms with E-state index in [2.05, 4.69) is 39.7 Å². The van der Waals surface area contributed by atoms with Crippen LogP contribution >= 0.6 is 0 Å². The van der Waals surface area contributed by atoms with Crippen LogP contribution in [-0.4, -0.2) is 104 Å². The summed E-state index contributed by atoms with van der Waals surface area (Å²) in [5, 5.41) is 15.2. The molecule has 3 saturated heterocycles. The number of carbonyl (C=O) groups excluding carboxylic acids is 1. The van der Waals surface area contributed by atoms with Crippen LogP contribution in [0.2, 0.25) is 0 Å². The molecule has 2 aromatic carbocycles. The maximum absolute atomic E-state index is 13.9. The van der Waals surface area contributed by atoms with Crippen molar-refractivity contribution in [3.05, 3.63) is 78.3 Å². The first-order chi connectivity index (χ1) is 23.3. The molecule has 5 heterocycles. The van der Waals surface area contributed by atoms with E-state index >= 15 is 0 Å². The number of likely N-dealkylation sites (tertiary alicyclic amines) is 1. The Labute approximate surface area is 280 Å². The quantitative estimate of drug-likeness (QED) is 0.219. The smallest absolute Gasteiger partial charge is 0.264 e. The number of nitrogens with zero attached hydrogens (tertiary/aromatic N) is 8. The molecule has 3 fully saturated rings. The number of piperidine rings is 1. The summed E-state index contributed by atoms with van der Waals surface area (Å²) >= 11 is 0. The lowest BCUT2D eigenvalue weighted by Gasteiger charge is -2.46. The molecule has 0 bridgehead atoms. The van der Waals surface area contributed by atoms with Crippen LogP contribution < -0.4 is 10.5 Å². The number of fused-ring (bicyclic) bond motifs is 1. The normalized spacial score (nSPS) is 20.0. The molecule has 0 spiro atoms. The van der Waals surface area contributed by atoms with Gasteiger partial charge in [0, 0.05) is 50.7 Å². The fraction of sp³-hybridized carbons (Fsp3) is 0.417. The number of aromatic nitrogens is 4. The number of carbonyl (C=O) groups is 1. The lowest BCUT2D eigenvalue weighted by Crippen LogP contribution is -2.59. The summed E-state index contributed by atoms with van der Waals surface area (Å²) in [5.74, 6) is 1.45. The molecule has 248 valence electrons. The Morgan fingerprint density at radius 2 is 1.75 bits per heavy atom. The van der Waals surface area contributed by atoms with E-state index in [0.29, 0.717) is 41.7 Å². The van der Waals surface area contributed by atoms with Crippen molar-refractivity contribution in [2.75, 3.05) is 58.2 Å². The summed E-state index contributed by atoms with van der Waals surface area (Å²) in [6.45, 7) is 10.5. The first-order valence-corrected chi connectivity index (χ1v) is 16.6. The molecule has 7 rings (SSSR count). The van der Waals surface area contributed by atoms with E-state index < -0.39 is 5.54 Å². The van der Waals surface area contributed by atoms with Crippen molar-refractivity contribution in [3.8, 4) is 23.3 Å². The monoisotopic (exact) mass is 647 g/mol. The Hall–Kier alpha value is -4.83. The molecule has 0 saturated carbocycles. The highest BCUT2D eigenvalue weighted by Crippen LogP contribution is 2.34. The van der Waals surface area contributed by atoms with Crippen LogP contribution in [0.3, 0.4) is 0 Å². The minimum atomic E-state index is -0.441. The first-order valence-electron chi connectivity index (χ1n) is 16.6. The third-order valence-corrected chi connectivity index (χ3v) is 9.78. The van der Waals surface area contributed by atoms with Crippen LogP contribution in [0.25, 0.3) is 16.7 Å². The predicted octanol–water partition coefficient (Wildman–Crippen LogP) is 4.14. The van der Waals surface area contributed by atoms with Gasteiger partial charge in [-0.05, 0) is 69.2 Å². The Morgan fingerprint density at radius 1 is 1.02 bits per heavy atom. The van der Waals surface area contributed by atoms with E-state index in [4.69, 9.17) is 20.3 Å². The number of nitrogen functional groups attached to an aromatic ring is 1. The number of nitriles is 1. The number of para-hydroxylation sites is 1. The van der Waals surface area contributed by atoms with Gasteiger partial charge in [-0.25, -0.2) is 14.6 Å². The molecule has 12 nitrogen and oxygen atoms in total. The predicted molar refractivity (Wildman–Crippen MR) is 182 cm³/mol. The van der Waals surface area contributed by atoms with Gasteiger partial charge in [0.15, 0.2) is 5.82 Å². The Bertz CT molecular complexity index is 1840. The van der Waals surface area contributed by atoms with Gasteiger partial charge in [-0.1, -0.05) is 18.2 Å². The molecule has 0 radical (unpaired) electrons. The second kappa shape index (κ2) is 13.4. The summed E-state index contributed by atoms with van der Waals surface area (Å²) in [5.41, 5.74) is 8.97. The third kappa shape index (κ3) is 6.36. The Kier molecular flexibility index (Phi) is 8.83. The summed E-state index contributed by atoms with van der Waals surface area (Å²) in [6.07, 6.45) is 4.92. The van der Waals surface area contributed by atoms with Gasteiger partial charge < -0.3 is 20.1 Å². The summed E-state index contributed by atoms with van der Waals surface area (Å²) in [4.78, 5) is 29.4. The van der Waals surface area contributed by atoms with Gasteiger partial charge in [0.2, 0.25) is 0 Å². The number of benzene rings is 2. The fourth-order valence-electron chi connectivity index (χ4n) is 6.97. The summed E-state index contributed by atoms with van der Waals surface area (Å²) < 4.78 is 13.1. The average molecular weight is 648 g/mol. The molecule has 2 N–H and O–H groups in total. The minimum Gasteiger partial charge on any atom is -0.457 e. The zero-order valence-corrected chi connectivity index (χ0v) is 27.5. The number of ether oxygens (including phenoxy) is 2. The van der Waals surface area contributed by atoms with Crippen LogP contribution in [-0.2, 0) is 9.53 Å². The van der Waals surface area contributed by atoms with E-state index in [1.807, 2.05) is 60.7 Å². The van der Waals surface area contributed by atoms with E-state index in [1.165, 1.54) is 6.33 Å². The largest absolute Gasteiger partial charge is 0.457 e. The van der Waals surface area contributed by atoms with Crippen LogP contribution in [0.5, 0.6) is 11.5 Å². The summed E-state index contributed by atoms with van der Waals surface area (Å²) in [6, 6.07) is 20.0. The molecule has 2 aromatic heterocycles. The van der Waals surface area contributed by atoms with Crippen molar-refractivity contribution in [2.45, 2.75) is 44.2 Å². The van der Waals surface area contributed by atoms with Crippen molar-refractivity contribution in [3.63, 3.8) is 0 Å². The number of piperazine rings is 1. The number of rotatable bonds is 8. The van der Waals surface area contributed by atoms with Gasteiger partial charge in [-0.2, -0.15) is 10.4 Å². The number of hydrogen-bond donors (Lipinski definition) is 1. The van der Waals surface area contributed by atoms with Gasteiger partial charge in [0.25, 0.3) is 5.91 Å². The van der Waals surface area contributed by atoms with Crippen molar-refractivity contribution in [2.24, 2.45) is 0 Å². The van der Waals surface area contributed by atoms with Gasteiger partial charge in [0.1, 0.15) is 40.5 Å². The highest BCUT2D eigenvalue weighted by Gasteiger charge is 2.35. The molecule has 48 heavy (non-hydrogen) atoms. The number of anilines is 1. The standard InChI is InChI=1S/C36H41N9O3/c1-36(2,44-17-15-42(16-18-44)28-22-47-23-28)19-26(20-37)35(46)43-14-6-7-25(21-43)31-32-33(34(38)40-24-39-32)45(41-31)27-10-12-30(13-11-27)48-29-8-4-3-5-9-29/h3-5,8-13,19,24-25,28H,6-7,14-18,21-23H2,1-2H3,(H2,38,39,40). The van der Waals surface area contributed by atoms with E-state index in [9.17, 15) is 10.1 Å². The second-order valence-electron chi connectivity index (χ2n) is 13.3. The fourth-order valence-corrected chi connectivity index (χ4v) is 6.97. The van der Waals surface area contributed by atoms with Crippen molar-refractivity contribution in [1.29, 1.82) is 5.26 Å². The van der Waals surface area contributed by atoms with E-state index in [1.54, 1.807) is 9.58 Å². The average Bonchev–Trinajstić information content (AvgIpc) is 3.48. The van der Waals surface area contributed by atoms with E-state index in [-0.39, 0.29) is 17.4 Å². The zero-order chi connectivity index (χ0) is 33.3. The van der Waals surface area contributed by atoms with Crippen LogP contribution in [0.15, 0.2) is 72.6 Å². The van der Waals surface area contributed by atoms with Gasteiger partial charge in [-0.3, -0.25) is 14.6 Å². The summed E-state index contributed by atoms with van der Waals surface area (Å²) in [7, 11) is 0. The highest BCUT2D eigenvalue weighted by atomic mass is 16.5. The molecule has 1 atom stereocenters. The Morgan fingerprint density at radius 3 is 2.44 bits per heavy atom. The lowest BCUT2D eigenvalue weighted by atomic mass is 9.92. The molecule has 0 aliphatic carbocycles.